The van der Waals surface area contributed by atoms with Crippen LogP contribution in [0.15, 0.2) is 58.1 Å². The van der Waals surface area contributed by atoms with E-state index in [4.69, 9.17) is 14.9 Å². The van der Waals surface area contributed by atoms with Gasteiger partial charge in [-0.1, -0.05) is 29.8 Å². The smallest absolute Gasteiger partial charge is 0.441 e. The number of rotatable bonds is 6. The second-order valence-electron chi connectivity index (χ2n) is 7.46. The molecule has 11 heteroatoms. The van der Waals surface area contributed by atoms with E-state index in [2.05, 4.69) is 10.1 Å². The number of amides is 1. The van der Waals surface area contributed by atoms with Gasteiger partial charge in [-0.3, -0.25) is 10.2 Å². The molecule has 1 amide bonds. The average Bonchev–Trinajstić information content (AvgIpc) is 3.20. The van der Waals surface area contributed by atoms with Crippen LogP contribution >= 0.6 is 11.8 Å². The average molecular weight is 488 g/mol. The van der Waals surface area contributed by atoms with Crippen LogP contribution in [0.4, 0.5) is 13.2 Å². The number of hydrogen-bond acceptors (Lipinski definition) is 6. The van der Waals surface area contributed by atoms with Crippen molar-refractivity contribution in [2.75, 3.05) is 13.2 Å². The molecule has 0 unspecified atom stereocenters. The van der Waals surface area contributed by atoms with Crippen LogP contribution in [0, 0.1) is 19.3 Å². The van der Waals surface area contributed by atoms with Crippen LogP contribution in [-0.4, -0.2) is 46.4 Å². The van der Waals surface area contributed by atoms with E-state index < -0.39 is 23.0 Å². The van der Waals surface area contributed by atoms with Crippen LogP contribution in [0.2, 0.25) is 0 Å². The van der Waals surface area contributed by atoms with Crippen molar-refractivity contribution in [1.82, 2.24) is 5.01 Å². The van der Waals surface area contributed by atoms with Gasteiger partial charge in [0, 0.05) is 0 Å². The maximum absolute atomic E-state index is 12.9. The highest BCUT2D eigenvalue weighted by atomic mass is 32.2. The summed E-state index contributed by atoms with van der Waals surface area (Å²) in [5.41, 5.74) is 2.52. The molecule has 2 aromatic rings. The van der Waals surface area contributed by atoms with E-state index in [0.717, 1.165) is 16.9 Å². The van der Waals surface area contributed by atoms with Crippen LogP contribution in [0.5, 0.6) is 11.5 Å². The third-order valence-corrected chi connectivity index (χ3v) is 5.76. The number of carbonyl (C=O) groups excluding carboxylic acids is 1. The van der Waals surface area contributed by atoms with Gasteiger partial charge in [-0.15, -0.1) is 0 Å². The molecular weight excluding hydrogens is 469 g/mol. The second kappa shape index (κ2) is 9.34. The van der Waals surface area contributed by atoms with E-state index in [0.29, 0.717) is 22.9 Å². The molecule has 4 rings (SSSR count). The van der Waals surface area contributed by atoms with Crippen molar-refractivity contribution in [2.24, 2.45) is 10.1 Å². The van der Waals surface area contributed by atoms with Crippen LogP contribution in [0.3, 0.4) is 0 Å². The first-order valence-corrected chi connectivity index (χ1v) is 10.9. The van der Waals surface area contributed by atoms with Crippen molar-refractivity contribution in [3.05, 3.63) is 64.7 Å². The molecule has 0 radical (unpaired) electrons. The Balaban J connectivity index is 1.42. The Bertz CT molecular complexity index is 1250. The molecule has 0 saturated carbocycles. The Labute approximate surface area is 197 Å². The third-order valence-electron chi connectivity index (χ3n) is 4.81. The van der Waals surface area contributed by atoms with E-state index in [1.807, 2.05) is 32.0 Å². The molecule has 7 nitrogen and oxygen atoms in total. The summed E-state index contributed by atoms with van der Waals surface area (Å²) in [4.78, 5) is 16.0. The van der Waals surface area contributed by atoms with Gasteiger partial charge in [0.1, 0.15) is 24.7 Å². The lowest BCUT2D eigenvalue weighted by Gasteiger charge is -2.20. The zero-order chi connectivity index (χ0) is 24.5. The molecule has 176 valence electrons. The van der Waals surface area contributed by atoms with Gasteiger partial charge in [0.2, 0.25) is 10.2 Å². The number of alkyl halides is 3. The summed E-state index contributed by atoms with van der Waals surface area (Å²) in [5.74, 6) is -0.00415. The van der Waals surface area contributed by atoms with E-state index in [1.165, 1.54) is 6.08 Å². The van der Waals surface area contributed by atoms with Gasteiger partial charge < -0.3 is 9.47 Å². The minimum absolute atomic E-state index is 0.174. The monoisotopic (exact) mass is 488 g/mol. The minimum Gasteiger partial charge on any atom is -0.490 e. The number of benzene rings is 2. The molecular formula is C23H19F3N4O3S. The lowest BCUT2D eigenvalue weighted by Crippen LogP contribution is -2.35. The predicted octanol–water partition coefficient (Wildman–Crippen LogP) is 4.94. The van der Waals surface area contributed by atoms with E-state index in [9.17, 15) is 18.0 Å². The van der Waals surface area contributed by atoms with Gasteiger partial charge >= 0.3 is 6.18 Å². The summed E-state index contributed by atoms with van der Waals surface area (Å²) in [6.07, 6.45) is -3.32. The highest BCUT2D eigenvalue weighted by Crippen LogP contribution is 2.35. The fourth-order valence-corrected chi connectivity index (χ4v) is 4.00. The van der Waals surface area contributed by atoms with Gasteiger partial charge in [-0.05, 0) is 61.0 Å². The minimum atomic E-state index is -4.69. The van der Waals surface area contributed by atoms with Gasteiger partial charge in [0.25, 0.3) is 5.91 Å². The van der Waals surface area contributed by atoms with Crippen molar-refractivity contribution >= 4 is 39.8 Å². The summed E-state index contributed by atoms with van der Waals surface area (Å²) in [7, 11) is 0. The number of hydrogen-bond donors (Lipinski definition) is 1. The largest absolute Gasteiger partial charge is 0.490 e. The van der Waals surface area contributed by atoms with Crippen LogP contribution in [0.1, 0.15) is 16.7 Å². The standard InChI is InChI=1S/C23H19F3N4O3S/c1-13-6-7-18(14(2)10-13)33-9-8-32-16-5-3-4-15(11-16)12-17-19(27)30-22(28-20(17)31)34-21(29-30)23(24,25)26/h3-7,10-12,27H,8-9H2,1-2H3. The number of carbonyl (C=O) groups is 1. The first-order valence-electron chi connectivity index (χ1n) is 10.1. The van der Waals surface area contributed by atoms with E-state index in [1.54, 1.807) is 24.3 Å². The Hall–Kier alpha value is -3.60. The number of amidine groups is 2. The van der Waals surface area contributed by atoms with Gasteiger partial charge in [0.05, 0.1) is 5.57 Å². The molecule has 2 aliphatic heterocycles. The number of aliphatic imine (C=N–C) groups is 1. The molecule has 2 heterocycles. The molecule has 0 fully saturated rings. The van der Waals surface area contributed by atoms with Gasteiger partial charge in [0.15, 0.2) is 5.84 Å². The van der Waals surface area contributed by atoms with Crippen LogP contribution in [-0.2, 0) is 4.79 Å². The lowest BCUT2D eigenvalue weighted by atomic mass is 10.1. The highest BCUT2D eigenvalue weighted by Gasteiger charge is 2.46. The molecule has 0 aliphatic carbocycles. The van der Waals surface area contributed by atoms with Crippen LogP contribution < -0.4 is 9.47 Å². The first-order chi connectivity index (χ1) is 16.1. The molecule has 0 saturated heterocycles. The van der Waals surface area contributed by atoms with E-state index >= 15 is 0 Å². The van der Waals surface area contributed by atoms with Gasteiger partial charge in [-0.25, -0.2) is 0 Å². The number of ether oxygens (including phenoxy) is 2. The SMILES string of the molecule is Cc1ccc(OCCOc2cccc(C=C3C(=N)N4N=C(C(F)(F)F)SC4=NC3=O)c2)c(C)c1. The topological polar surface area (TPSA) is 87.3 Å². The number of nitrogens with zero attached hydrogens (tertiary/aromatic N) is 3. The van der Waals surface area contributed by atoms with Crippen molar-refractivity contribution in [2.45, 2.75) is 20.0 Å². The third kappa shape index (κ3) is 5.14. The summed E-state index contributed by atoms with van der Waals surface area (Å²) < 4.78 is 50.3. The normalized spacial score (nSPS) is 17.0. The molecule has 0 atom stereocenters. The molecule has 1 N–H and O–H groups in total. The van der Waals surface area contributed by atoms with Crippen molar-refractivity contribution in [1.29, 1.82) is 5.41 Å². The summed E-state index contributed by atoms with van der Waals surface area (Å²) in [5, 5.41) is 10.8. The molecule has 2 aliphatic rings. The Morgan fingerprint density at radius 2 is 1.88 bits per heavy atom. The zero-order valence-corrected chi connectivity index (χ0v) is 19.0. The fourth-order valence-electron chi connectivity index (χ4n) is 3.24. The van der Waals surface area contributed by atoms with E-state index in [-0.39, 0.29) is 29.1 Å². The molecule has 0 spiro atoms. The quantitative estimate of drug-likeness (QED) is 0.460. The number of hydrazone groups is 1. The zero-order valence-electron chi connectivity index (χ0n) is 18.1. The number of halogens is 3. The Kier molecular flexibility index (Phi) is 6.47. The maximum atomic E-state index is 12.9. The van der Waals surface area contributed by atoms with Gasteiger partial charge in [-0.2, -0.15) is 28.3 Å². The molecule has 34 heavy (non-hydrogen) atoms. The van der Waals surface area contributed by atoms with Crippen LogP contribution in [0.25, 0.3) is 6.08 Å². The number of nitrogens with one attached hydrogen (secondary N) is 1. The van der Waals surface area contributed by atoms with Crippen molar-refractivity contribution < 1.29 is 27.4 Å². The molecule has 2 aromatic carbocycles. The first kappa shape index (κ1) is 23.6. The predicted molar refractivity (Wildman–Crippen MR) is 124 cm³/mol. The summed E-state index contributed by atoms with van der Waals surface area (Å²) >= 11 is 0.211. The summed E-state index contributed by atoms with van der Waals surface area (Å²) in [6.45, 7) is 4.57. The Morgan fingerprint density at radius 1 is 1.12 bits per heavy atom. The summed E-state index contributed by atoms with van der Waals surface area (Å²) in [6, 6.07) is 12.6. The molecule has 0 aromatic heterocycles. The number of fused-ring (bicyclic) bond motifs is 1. The number of aryl methyl sites for hydroxylation is 2. The number of thioether (sulfide) groups is 1. The Morgan fingerprint density at radius 3 is 2.62 bits per heavy atom. The molecule has 0 bridgehead atoms. The fraction of sp³-hybridized carbons (Fsp3) is 0.217. The van der Waals surface area contributed by atoms with Crippen molar-refractivity contribution in [3.8, 4) is 11.5 Å². The second-order valence-corrected chi connectivity index (χ2v) is 8.42. The maximum Gasteiger partial charge on any atom is 0.441 e. The highest BCUT2D eigenvalue weighted by molar-refractivity contribution is 8.27. The lowest BCUT2D eigenvalue weighted by molar-refractivity contribution is -0.114. The van der Waals surface area contributed by atoms with Crippen molar-refractivity contribution in [3.63, 3.8) is 0 Å².